The van der Waals surface area contributed by atoms with Gasteiger partial charge in [-0.15, -0.1) is 0 Å². The van der Waals surface area contributed by atoms with Crippen molar-refractivity contribution in [1.82, 2.24) is 4.90 Å². The van der Waals surface area contributed by atoms with Gasteiger partial charge in [0.05, 0.1) is 29.9 Å². The third-order valence-corrected chi connectivity index (χ3v) is 4.73. The maximum Gasteiger partial charge on any atom is 0.416 e. The molecule has 0 atom stereocenters. The number of amides is 2. The van der Waals surface area contributed by atoms with Gasteiger partial charge in [0.15, 0.2) is 0 Å². The Labute approximate surface area is 188 Å². The molecule has 0 unspecified atom stereocenters. The van der Waals surface area contributed by atoms with E-state index in [0.717, 1.165) is 6.07 Å². The molecule has 13 heteroatoms. The van der Waals surface area contributed by atoms with E-state index >= 15 is 0 Å². The van der Waals surface area contributed by atoms with Crippen LogP contribution in [0, 0.1) is 0 Å². The second-order valence-corrected chi connectivity index (χ2v) is 7.29. The fourth-order valence-electron chi connectivity index (χ4n) is 2.90. The summed E-state index contributed by atoms with van der Waals surface area (Å²) in [5.74, 6) is -1.41. The summed E-state index contributed by atoms with van der Waals surface area (Å²) in [6.45, 7) is 1.02. The highest BCUT2D eigenvalue weighted by Crippen LogP contribution is 2.38. The summed E-state index contributed by atoms with van der Waals surface area (Å²) >= 11 is 5.87. The van der Waals surface area contributed by atoms with E-state index in [2.05, 4.69) is 0 Å². The van der Waals surface area contributed by atoms with Crippen LogP contribution in [0.25, 0.3) is 0 Å². The van der Waals surface area contributed by atoms with Crippen LogP contribution in [0.15, 0.2) is 36.4 Å². The molecule has 0 spiro atoms. The summed E-state index contributed by atoms with van der Waals surface area (Å²) in [5.41, 5.74) is -4.32. The molecule has 0 bridgehead atoms. The van der Waals surface area contributed by atoms with Gasteiger partial charge in [0, 0.05) is 23.8 Å². The van der Waals surface area contributed by atoms with E-state index < -0.39 is 41.2 Å². The highest BCUT2D eigenvalue weighted by atomic mass is 35.5. The fraction of sp³-hybridized carbons (Fsp3) is 0.300. The van der Waals surface area contributed by atoms with E-state index in [4.69, 9.17) is 21.1 Å². The molecular weight excluding hydrogens is 482 g/mol. The lowest BCUT2D eigenvalue weighted by atomic mass is 10.1. The molecule has 0 aromatic heterocycles. The van der Waals surface area contributed by atoms with Gasteiger partial charge in [-0.3, -0.25) is 4.79 Å². The normalized spacial score (nSPS) is 14.7. The molecule has 1 saturated heterocycles. The molecule has 0 saturated carbocycles. The van der Waals surface area contributed by atoms with Gasteiger partial charge in [-0.25, -0.2) is 4.79 Å². The molecule has 2 amide bonds. The molecule has 1 aliphatic rings. The molecule has 1 fully saturated rings. The highest BCUT2D eigenvalue weighted by molar-refractivity contribution is 6.31. The number of nitrogens with zero attached hydrogens (tertiary/aromatic N) is 1. The van der Waals surface area contributed by atoms with Crippen molar-refractivity contribution in [2.75, 3.05) is 31.6 Å². The van der Waals surface area contributed by atoms with Crippen molar-refractivity contribution in [1.29, 1.82) is 0 Å². The van der Waals surface area contributed by atoms with Crippen LogP contribution in [0.4, 0.5) is 36.8 Å². The summed E-state index contributed by atoms with van der Waals surface area (Å²) < 4.78 is 88.7. The van der Waals surface area contributed by atoms with Gasteiger partial charge in [0.1, 0.15) is 5.75 Å². The van der Waals surface area contributed by atoms with Gasteiger partial charge < -0.3 is 19.7 Å². The van der Waals surface area contributed by atoms with Crippen molar-refractivity contribution in [3.05, 3.63) is 58.1 Å². The van der Waals surface area contributed by atoms with Gasteiger partial charge in [0.25, 0.3) is 5.91 Å². The van der Waals surface area contributed by atoms with Crippen LogP contribution >= 0.6 is 11.6 Å². The number of benzene rings is 2. The van der Waals surface area contributed by atoms with Crippen molar-refractivity contribution in [2.24, 2.45) is 0 Å². The van der Waals surface area contributed by atoms with Gasteiger partial charge in [0.2, 0.25) is 0 Å². The van der Waals surface area contributed by atoms with Crippen LogP contribution < -0.4 is 10.1 Å². The SMILES string of the molecule is O=C(Nc1cc(C(F)(F)F)cc(C(F)(F)F)c1)c1cc(Cl)ccc1OC(=O)N1CCOCC1. The molecule has 1 N–H and O–H groups in total. The first-order chi connectivity index (χ1) is 15.3. The number of morpholine rings is 1. The molecule has 3 rings (SSSR count). The Bertz CT molecular complexity index is 1020. The highest BCUT2D eigenvalue weighted by Gasteiger charge is 2.37. The zero-order valence-electron chi connectivity index (χ0n) is 16.5. The van der Waals surface area contributed by atoms with Crippen molar-refractivity contribution in [2.45, 2.75) is 12.4 Å². The van der Waals surface area contributed by atoms with E-state index in [1.54, 1.807) is 0 Å². The molecule has 1 aliphatic heterocycles. The van der Waals surface area contributed by atoms with E-state index in [9.17, 15) is 35.9 Å². The Balaban J connectivity index is 1.90. The zero-order chi connectivity index (χ0) is 24.4. The fourth-order valence-corrected chi connectivity index (χ4v) is 3.07. The molecule has 2 aromatic rings. The number of carbonyl (C=O) groups excluding carboxylic acids is 2. The Morgan fingerprint density at radius 2 is 1.52 bits per heavy atom. The molecule has 33 heavy (non-hydrogen) atoms. The van der Waals surface area contributed by atoms with Crippen molar-refractivity contribution < 1.29 is 45.4 Å². The van der Waals surface area contributed by atoms with Crippen LogP contribution in [-0.2, 0) is 17.1 Å². The minimum absolute atomic E-state index is 0.0198. The number of halogens is 7. The minimum Gasteiger partial charge on any atom is -0.409 e. The van der Waals surface area contributed by atoms with Crippen molar-refractivity contribution in [3.63, 3.8) is 0 Å². The number of hydrogen-bond acceptors (Lipinski definition) is 4. The molecule has 0 aliphatic carbocycles. The standard InChI is InChI=1S/C20H15ClF6N2O4/c21-13-1-2-16(33-18(31)29-3-5-32-6-4-29)15(10-13)17(30)28-14-8-11(19(22,23)24)7-12(9-14)20(25,26)27/h1-2,7-10H,3-6H2,(H,28,30). The number of anilines is 1. The monoisotopic (exact) mass is 496 g/mol. The smallest absolute Gasteiger partial charge is 0.409 e. The Morgan fingerprint density at radius 1 is 0.939 bits per heavy atom. The number of carbonyl (C=O) groups is 2. The summed E-state index contributed by atoms with van der Waals surface area (Å²) in [7, 11) is 0. The lowest BCUT2D eigenvalue weighted by Crippen LogP contribution is -2.42. The zero-order valence-corrected chi connectivity index (χ0v) is 17.3. The average Bonchev–Trinajstić information content (AvgIpc) is 2.74. The Kier molecular flexibility index (Phi) is 7.08. The predicted octanol–water partition coefficient (Wildman–Crippen LogP) is 5.46. The first kappa shape index (κ1) is 24.6. The maximum atomic E-state index is 13.1. The van der Waals surface area contributed by atoms with Crippen molar-refractivity contribution in [3.8, 4) is 5.75 Å². The maximum absolute atomic E-state index is 13.1. The molecule has 6 nitrogen and oxygen atoms in total. The van der Waals surface area contributed by atoms with E-state index in [1.807, 2.05) is 5.32 Å². The van der Waals surface area contributed by atoms with Gasteiger partial charge >= 0.3 is 18.4 Å². The van der Waals surface area contributed by atoms with Crippen LogP contribution in [0.2, 0.25) is 5.02 Å². The number of nitrogens with one attached hydrogen (secondary N) is 1. The predicted molar refractivity (Wildman–Crippen MR) is 104 cm³/mol. The summed E-state index contributed by atoms with van der Waals surface area (Å²) in [5, 5.41) is 2.00. The Hall–Kier alpha value is -2.99. The van der Waals surface area contributed by atoms with Gasteiger partial charge in [-0.1, -0.05) is 11.6 Å². The number of alkyl halides is 6. The number of hydrogen-bond donors (Lipinski definition) is 1. The quantitative estimate of drug-likeness (QED) is 0.573. The first-order valence-corrected chi connectivity index (χ1v) is 9.67. The van der Waals surface area contributed by atoms with Crippen LogP contribution in [-0.4, -0.2) is 43.2 Å². The average molecular weight is 497 g/mol. The van der Waals surface area contributed by atoms with Gasteiger partial charge in [-0.2, -0.15) is 26.3 Å². The second kappa shape index (κ2) is 9.48. The molecule has 2 aromatic carbocycles. The molecule has 178 valence electrons. The lowest BCUT2D eigenvalue weighted by molar-refractivity contribution is -0.143. The van der Waals surface area contributed by atoms with E-state index in [0.29, 0.717) is 12.1 Å². The van der Waals surface area contributed by atoms with E-state index in [1.165, 1.54) is 17.0 Å². The third-order valence-electron chi connectivity index (χ3n) is 4.50. The first-order valence-electron chi connectivity index (χ1n) is 9.29. The van der Waals surface area contributed by atoms with Crippen LogP contribution in [0.5, 0.6) is 5.75 Å². The summed E-state index contributed by atoms with van der Waals surface area (Å²) in [6.07, 6.45) is -11.0. The number of ether oxygens (including phenoxy) is 2. The molecule has 1 heterocycles. The summed E-state index contributed by atoms with van der Waals surface area (Å²) in [4.78, 5) is 26.3. The second-order valence-electron chi connectivity index (χ2n) is 6.86. The van der Waals surface area contributed by atoms with E-state index in [-0.39, 0.29) is 48.7 Å². The van der Waals surface area contributed by atoms with Crippen molar-refractivity contribution >= 4 is 29.3 Å². The number of rotatable bonds is 3. The Morgan fingerprint density at radius 3 is 2.06 bits per heavy atom. The van der Waals surface area contributed by atoms with Crippen LogP contribution in [0.1, 0.15) is 21.5 Å². The van der Waals surface area contributed by atoms with Crippen LogP contribution in [0.3, 0.4) is 0 Å². The summed E-state index contributed by atoms with van der Waals surface area (Å²) in [6, 6.07) is 4.20. The topological polar surface area (TPSA) is 67.9 Å². The lowest BCUT2D eigenvalue weighted by Gasteiger charge is -2.26. The van der Waals surface area contributed by atoms with Gasteiger partial charge in [-0.05, 0) is 36.4 Å². The minimum atomic E-state index is -5.09. The third kappa shape index (κ3) is 6.29. The largest absolute Gasteiger partial charge is 0.416 e. The molecular formula is C20H15ClF6N2O4. The molecule has 0 radical (unpaired) electrons.